The average molecular weight is 301 g/mol. The van der Waals surface area contributed by atoms with Gasteiger partial charge < -0.3 is 5.11 Å². The zero-order valence-electron chi connectivity index (χ0n) is 9.83. The first-order valence-electron chi connectivity index (χ1n) is 6.29. The highest BCUT2D eigenvalue weighted by Gasteiger charge is 2.22. The summed E-state index contributed by atoms with van der Waals surface area (Å²) in [7, 11) is 0. The van der Waals surface area contributed by atoms with Crippen LogP contribution < -0.4 is 0 Å². The molecule has 1 N–H and O–H groups in total. The van der Waals surface area contributed by atoms with Gasteiger partial charge >= 0.3 is 0 Å². The zero-order chi connectivity index (χ0) is 12.3. The van der Waals surface area contributed by atoms with E-state index in [0.29, 0.717) is 24.3 Å². The minimum absolute atomic E-state index is 0.182. The van der Waals surface area contributed by atoms with Gasteiger partial charge in [-0.05, 0) is 49.3 Å². The predicted molar refractivity (Wildman–Crippen MR) is 70.4 cm³/mol. The van der Waals surface area contributed by atoms with Gasteiger partial charge in [0.15, 0.2) is 0 Å². The molecule has 1 aliphatic rings. The largest absolute Gasteiger partial charge is 0.393 e. The number of halogens is 2. The Labute approximate surface area is 110 Å². The summed E-state index contributed by atoms with van der Waals surface area (Å²) in [4.78, 5) is 0. The molecule has 1 aromatic rings. The number of rotatable bonds is 4. The van der Waals surface area contributed by atoms with E-state index in [2.05, 4.69) is 15.9 Å². The maximum Gasteiger partial charge on any atom is 0.127 e. The lowest BCUT2D eigenvalue weighted by Crippen LogP contribution is -2.18. The quantitative estimate of drug-likeness (QED) is 0.888. The standard InChI is InChI=1S/C14H18BrFO/c15-12-7-5-10(13(16)9-12)6-8-14(17)11-3-1-2-4-11/h5,7,9,11,14,17H,1-4,6,8H2. The summed E-state index contributed by atoms with van der Waals surface area (Å²) in [5.41, 5.74) is 0.699. The smallest absolute Gasteiger partial charge is 0.127 e. The van der Waals surface area contributed by atoms with Crippen LogP contribution in [0.2, 0.25) is 0 Å². The van der Waals surface area contributed by atoms with E-state index in [4.69, 9.17) is 0 Å². The molecule has 1 fully saturated rings. The highest BCUT2D eigenvalue weighted by molar-refractivity contribution is 9.10. The van der Waals surface area contributed by atoms with Gasteiger partial charge in [-0.15, -0.1) is 0 Å². The number of aryl methyl sites for hydroxylation is 1. The first-order valence-corrected chi connectivity index (χ1v) is 7.08. The van der Waals surface area contributed by atoms with Gasteiger partial charge in [0.1, 0.15) is 5.82 Å². The zero-order valence-corrected chi connectivity index (χ0v) is 11.4. The molecule has 1 saturated carbocycles. The Balaban J connectivity index is 1.88. The highest BCUT2D eigenvalue weighted by Crippen LogP contribution is 2.29. The number of aliphatic hydroxyl groups is 1. The Kier molecular flexibility index (Phi) is 4.57. The fourth-order valence-electron chi connectivity index (χ4n) is 2.61. The molecular formula is C14H18BrFO. The van der Waals surface area contributed by atoms with Crippen LogP contribution in [0.4, 0.5) is 4.39 Å². The molecule has 1 unspecified atom stereocenters. The van der Waals surface area contributed by atoms with Crippen LogP contribution >= 0.6 is 15.9 Å². The minimum Gasteiger partial charge on any atom is -0.393 e. The normalized spacial score (nSPS) is 18.5. The molecule has 0 amide bonds. The summed E-state index contributed by atoms with van der Waals surface area (Å²) in [5.74, 6) is 0.256. The summed E-state index contributed by atoms with van der Waals surface area (Å²) in [6, 6.07) is 5.12. The van der Waals surface area contributed by atoms with Crippen molar-refractivity contribution in [2.75, 3.05) is 0 Å². The monoisotopic (exact) mass is 300 g/mol. The van der Waals surface area contributed by atoms with E-state index in [0.717, 1.165) is 17.3 Å². The van der Waals surface area contributed by atoms with Crippen molar-refractivity contribution in [3.8, 4) is 0 Å². The first-order chi connectivity index (χ1) is 8.16. The van der Waals surface area contributed by atoms with Crippen molar-refractivity contribution in [1.29, 1.82) is 0 Å². The van der Waals surface area contributed by atoms with Gasteiger partial charge in [0.2, 0.25) is 0 Å². The third-order valence-electron chi connectivity index (χ3n) is 3.67. The third-order valence-corrected chi connectivity index (χ3v) is 4.16. The molecule has 17 heavy (non-hydrogen) atoms. The average Bonchev–Trinajstić information content (AvgIpc) is 2.81. The van der Waals surface area contributed by atoms with E-state index in [1.54, 1.807) is 6.07 Å². The minimum atomic E-state index is -0.263. The molecule has 0 saturated heterocycles. The van der Waals surface area contributed by atoms with Gasteiger partial charge in [0.05, 0.1) is 6.10 Å². The fraction of sp³-hybridized carbons (Fsp3) is 0.571. The van der Waals surface area contributed by atoms with Gasteiger partial charge in [0.25, 0.3) is 0 Å². The Morgan fingerprint density at radius 3 is 2.71 bits per heavy atom. The van der Waals surface area contributed by atoms with Crippen molar-refractivity contribution in [1.82, 2.24) is 0 Å². The van der Waals surface area contributed by atoms with E-state index >= 15 is 0 Å². The van der Waals surface area contributed by atoms with Crippen LogP contribution in [-0.4, -0.2) is 11.2 Å². The Morgan fingerprint density at radius 2 is 2.06 bits per heavy atom. The second-order valence-corrected chi connectivity index (χ2v) is 5.80. The van der Waals surface area contributed by atoms with Crippen molar-refractivity contribution in [3.63, 3.8) is 0 Å². The lowest BCUT2D eigenvalue weighted by atomic mass is 9.95. The van der Waals surface area contributed by atoms with Gasteiger partial charge in [-0.3, -0.25) is 0 Å². The Bertz CT molecular complexity index is 374. The van der Waals surface area contributed by atoms with Crippen LogP contribution in [0.25, 0.3) is 0 Å². The second-order valence-electron chi connectivity index (χ2n) is 4.89. The van der Waals surface area contributed by atoms with Crippen LogP contribution in [0.5, 0.6) is 0 Å². The predicted octanol–water partition coefficient (Wildman–Crippen LogP) is 4.07. The van der Waals surface area contributed by atoms with Crippen LogP contribution in [0.1, 0.15) is 37.7 Å². The molecule has 0 aliphatic heterocycles. The summed E-state index contributed by atoms with van der Waals surface area (Å²) < 4.78 is 14.3. The van der Waals surface area contributed by atoms with Crippen LogP contribution in [0.3, 0.4) is 0 Å². The molecule has 0 heterocycles. The van der Waals surface area contributed by atoms with Gasteiger partial charge in [-0.25, -0.2) is 4.39 Å². The highest BCUT2D eigenvalue weighted by atomic mass is 79.9. The van der Waals surface area contributed by atoms with E-state index in [9.17, 15) is 9.50 Å². The molecule has 0 aromatic heterocycles. The lowest BCUT2D eigenvalue weighted by molar-refractivity contribution is 0.102. The van der Waals surface area contributed by atoms with Crippen LogP contribution in [0.15, 0.2) is 22.7 Å². The molecule has 0 bridgehead atoms. The molecule has 1 aliphatic carbocycles. The maximum atomic E-state index is 13.6. The number of aliphatic hydroxyl groups excluding tert-OH is 1. The van der Waals surface area contributed by atoms with E-state index < -0.39 is 0 Å². The number of hydrogen-bond donors (Lipinski definition) is 1. The number of benzene rings is 1. The van der Waals surface area contributed by atoms with E-state index in [1.807, 2.05) is 6.07 Å². The molecule has 1 nitrogen and oxygen atoms in total. The molecule has 94 valence electrons. The van der Waals surface area contributed by atoms with Crippen LogP contribution in [-0.2, 0) is 6.42 Å². The fourth-order valence-corrected chi connectivity index (χ4v) is 2.94. The van der Waals surface area contributed by atoms with Crippen molar-refractivity contribution >= 4 is 15.9 Å². The maximum absolute atomic E-state index is 13.6. The SMILES string of the molecule is OC(CCc1ccc(Br)cc1F)C1CCCC1. The van der Waals surface area contributed by atoms with Crippen molar-refractivity contribution in [3.05, 3.63) is 34.1 Å². The summed E-state index contributed by atoms with van der Waals surface area (Å²) >= 11 is 3.24. The summed E-state index contributed by atoms with van der Waals surface area (Å²) in [5, 5.41) is 10.0. The van der Waals surface area contributed by atoms with Gasteiger partial charge in [-0.2, -0.15) is 0 Å². The molecule has 0 radical (unpaired) electrons. The first kappa shape index (κ1) is 13.0. The molecule has 3 heteroatoms. The van der Waals surface area contributed by atoms with Crippen molar-refractivity contribution < 1.29 is 9.50 Å². The Hall–Kier alpha value is -0.410. The summed E-state index contributed by atoms with van der Waals surface area (Å²) in [6.45, 7) is 0. The lowest BCUT2D eigenvalue weighted by Gasteiger charge is -2.17. The summed E-state index contributed by atoms with van der Waals surface area (Å²) in [6.07, 6.45) is 5.75. The molecule has 1 atom stereocenters. The van der Waals surface area contributed by atoms with Gasteiger partial charge in [-0.1, -0.05) is 34.8 Å². The van der Waals surface area contributed by atoms with E-state index in [1.165, 1.54) is 18.9 Å². The molecule has 0 spiro atoms. The van der Waals surface area contributed by atoms with Gasteiger partial charge in [0, 0.05) is 4.47 Å². The van der Waals surface area contributed by atoms with Crippen molar-refractivity contribution in [2.24, 2.45) is 5.92 Å². The second kappa shape index (κ2) is 5.96. The van der Waals surface area contributed by atoms with Crippen LogP contribution in [0, 0.1) is 11.7 Å². The third kappa shape index (κ3) is 3.52. The van der Waals surface area contributed by atoms with Crippen molar-refractivity contribution in [2.45, 2.75) is 44.6 Å². The Morgan fingerprint density at radius 1 is 1.35 bits per heavy atom. The van der Waals surface area contributed by atoms with E-state index in [-0.39, 0.29) is 11.9 Å². The number of hydrogen-bond acceptors (Lipinski definition) is 1. The topological polar surface area (TPSA) is 20.2 Å². The molecule has 2 rings (SSSR count). The molecule has 1 aromatic carbocycles. The molecular weight excluding hydrogens is 283 g/mol.